The van der Waals surface area contributed by atoms with Crippen LogP contribution in [-0.2, 0) is 17.9 Å². The Balaban J connectivity index is 1.80. The third-order valence-electron chi connectivity index (χ3n) is 4.92. The van der Waals surface area contributed by atoms with Crippen LogP contribution in [0.5, 0.6) is 5.75 Å². The molecule has 0 saturated carbocycles. The molecule has 1 aromatic carbocycles. The molecule has 0 saturated heterocycles. The van der Waals surface area contributed by atoms with E-state index in [0.29, 0.717) is 23.6 Å². The molecule has 2 aromatic heterocycles. The van der Waals surface area contributed by atoms with Crippen molar-refractivity contribution >= 4 is 23.1 Å². The first kappa shape index (κ1) is 22.4. The van der Waals surface area contributed by atoms with Gasteiger partial charge in [0.05, 0.1) is 40.8 Å². The second-order valence-corrected chi connectivity index (χ2v) is 7.03. The minimum Gasteiger partial charge on any atom is -0.497 e. The number of nitrogens with zero attached hydrogens (tertiary/aromatic N) is 6. The first-order chi connectivity index (χ1) is 15.1. The van der Waals surface area contributed by atoms with Gasteiger partial charge in [-0.05, 0) is 43.4 Å². The van der Waals surface area contributed by atoms with Crippen LogP contribution in [0, 0.1) is 41.0 Å². The second-order valence-electron chi connectivity index (χ2n) is 7.03. The zero-order chi connectivity index (χ0) is 23.6. The molecular weight excluding hydrogens is 422 g/mol. The summed E-state index contributed by atoms with van der Waals surface area (Å²) >= 11 is 0. The molecule has 0 spiro atoms. The molecule has 3 aromatic rings. The number of nitrogens with one attached hydrogen (secondary N) is 1. The zero-order valence-electron chi connectivity index (χ0n) is 17.9. The Morgan fingerprint density at radius 3 is 2.41 bits per heavy atom. The van der Waals surface area contributed by atoms with Crippen LogP contribution in [0.1, 0.15) is 22.6 Å². The van der Waals surface area contributed by atoms with Crippen molar-refractivity contribution < 1.29 is 19.4 Å². The van der Waals surface area contributed by atoms with Gasteiger partial charge in [-0.25, -0.2) is 0 Å². The van der Waals surface area contributed by atoms with Crippen molar-refractivity contribution in [3.63, 3.8) is 0 Å². The summed E-state index contributed by atoms with van der Waals surface area (Å²) in [4.78, 5) is 33.0. The molecule has 32 heavy (non-hydrogen) atoms. The quantitative estimate of drug-likeness (QED) is 0.410. The monoisotopic (exact) mass is 443 g/mol. The lowest BCUT2D eigenvalue weighted by Crippen LogP contribution is -2.21. The maximum Gasteiger partial charge on any atom is 0.468 e. The number of carbonyl (C=O) groups excluding carboxylic acids is 1. The van der Waals surface area contributed by atoms with E-state index in [-0.39, 0.29) is 5.69 Å². The van der Waals surface area contributed by atoms with Crippen molar-refractivity contribution in [1.82, 2.24) is 19.6 Å². The largest absolute Gasteiger partial charge is 0.497 e. The van der Waals surface area contributed by atoms with Gasteiger partial charge < -0.3 is 20.2 Å². The van der Waals surface area contributed by atoms with Crippen LogP contribution in [0.15, 0.2) is 24.3 Å². The molecule has 0 atom stereocenters. The fourth-order valence-corrected chi connectivity index (χ4v) is 3.30. The summed E-state index contributed by atoms with van der Waals surface area (Å²) in [6.45, 7) is 4.86. The van der Waals surface area contributed by atoms with Crippen molar-refractivity contribution in [3.05, 3.63) is 67.1 Å². The lowest BCUT2D eigenvalue weighted by Gasteiger charge is -2.08. The van der Waals surface area contributed by atoms with Crippen LogP contribution in [-0.4, -0.2) is 42.4 Å². The second kappa shape index (κ2) is 8.83. The van der Waals surface area contributed by atoms with Gasteiger partial charge in [0.2, 0.25) is 5.91 Å². The molecule has 1 amide bonds. The third-order valence-corrected chi connectivity index (χ3v) is 4.92. The minimum atomic E-state index is -0.948. The van der Waals surface area contributed by atoms with Gasteiger partial charge in [0.15, 0.2) is 0 Å². The lowest BCUT2D eigenvalue weighted by molar-refractivity contribution is -0.424. The van der Waals surface area contributed by atoms with Gasteiger partial charge in [-0.15, -0.1) is 0 Å². The number of hydrogen-bond donors (Lipinski definition) is 1. The summed E-state index contributed by atoms with van der Waals surface area (Å²) in [6, 6.07) is 7.52. The smallest absolute Gasteiger partial charge is 0.468 e. The first-order valence-corrected chi connectivity index (χ1v) is 9.45. The molecule has 0 aliphatic carbocycles. The SMILES string of the molecule is COc1cccc(Cn2nc(C)c(NC(=O)Cn3nc([N+](=O)[O-])c([N+](=O)[O-])c3C)c2C)c1. The highest BCUT2D eigenvalue weighted by atomic mass is 16.6. The van der Waals surface area contributed by atoms with E-state index in [0.717, 1.165) is 16.0 Å². The van der Waals surface area contributed by atoms with E-state index in [1.807, 2.05) is 24.3 Å². The molecule has 1 N–H and O–H groups in total. The number of carbonyl (C=O) groups is 1. The van der Waals surface area contributed by atoms with E-state index < -0.39 is 33.8 Å². The highest BCUT2D eigenvalue weighted by Gasteiger charge is 2.35. The van der Waals surface area contributed by atoms with E-state index in [1.54, 1.807) is 25.6 Å². The number of benzene rings is 1. The van der Waals surface area contributed by atoms with Crippen molar-refractivity contribution in [2.24, 2.45) is 0 Å². The van der Waals surface area contributed by atoms with E-state index in [2.05, 4.69) is 15.5 Å². The number of hydrogen-bond acceptors (Lipinski definition) is 8. The molecule has 0 unspecified atom stereocenters. The number of aryl methyl sites for hydroxylation is 1. The van der Waals surface area contributed by atoms with Gasteiger partial charge in [0.1, 0.15) is 18.0 Å². The van der Waals surface area contributed by atoms with Crippen molar-refractivity contribution in [3.8, 4) is 5.75 Å². The summed E-state index contributed by atoms with van der Waals surface area (Å²) in [5.41, 5.74) is 1.91. The van der Waals surface area contributed by atoms with E-state index in [9.17, 15) is 25.0 Å². The zero-order valence-corrected chi connectivity index (χ0v) is 17.9. The molecule has 13 nitrogen and oxygen atoms in total. The van der Waals surface area contributed by atoms with Gasteiger partial charge in [-0.2, -0.15) is 9.78 Å². The standard InChI is InChI=1S/C19H21N7O6/c1-11-17(12(2)23(21-11)9-14-6-5-7-15(8-14)32-4)20-16(27)10-24-13(3)18(25(28)29)19(22-24)26(30)31/h5-8H,9-10H2,1-4H3,(H,20,27). The van der Waals surface area contributed by atoms with Gasteiger partial charge in [-0.1, -0.05) is 12.1 Å². The molecule has 168 valence electrons. The number of nitro groups is 2. The average molecular weight is 443 g/mol. The number of amides is 1. The van der Waals surface area contributed by atoms with Gasteiger partial charge in [0.25, 0.3) is 0 Å². The Labute approximate surface area is 181 Å². The minimum absolute atomic E-state index is 0.0842. The number of rotatable bonds is 8. The van der Waals surface area contributed by atoms with Crippen LogP contribution in [0.2, 0.25) is 0 Å². The maximum atomic E-state index is 12.6. The highest BCUT2D eigenvalue weighted by Crippen LogP contribution is 2.29. The molecule has 0 aliphatic heterocycles. The van der Waals surface area contributed by atoms with Crippen LogP contribution >= 0.6 is 0 Å². The van der Waals surface area contributed by atoms with Gasteiger partial charge in [-0.3, -0.25) is 19.6 Å². The Morgan fingerprint density at radius 1 is 1.09 bits per heavy atom. The number of anilines is 1. The van der Waals surface area contributed by atoms with Gasteiger partial charge in [0, 0.05) is 0 Å². The Morgan fingerprint density at radius 2 is 1.81 bits per heavy atom. The maximum absolute atomic E-state index is 12.6. The lowest BCUT2D eigenvalue weighted by atomic mass is 10.2. The Hall–Kier alpha value is -4.29. The molecule has 0 radical (unpaired) electrons. The third kappa shape index (κ3) is 4.40. The van der Waals surface area contributed by atoms with E-state index in [4.69, 9.17) is 4.74 Å². The predicted molar refractivity (Wildman–Crippen MR) is 113 cm³/mol. The van der Waals surface area contributed by atoms with Crippen LogP contribution in [0.3, 0.4) is 0 Å². The van der Waals surface area contributed by atoms with E-state index >= 15 is 0 Å². The molecule has 0 fully saturated rings. The number of ether oxygens (including phenoxy) is 1. The fraction of sp³-hybridized carbons (Fsp3) is 0.316. The molecule has 0 aliphatic rings. The molecular formula is C19H21N7O6. The summed E-state index contributed by atoms with van der Waals surface area (Å²) in [5.74, 6) is -0.735. The van der Waals surface area contributed by atoms with Crippen LogP contribution < -0.4 is 10.1 Å². The normalized spacial score (nSPS) is 10.8. The van der Waals surface area contributed by atoms with Crippen molar-refractivity contribution in [1.29, 1.82) is 0 Å². The molecule has 3 rings (SSSR count). The molecule has 13 heteroatoms. The number of methoxy groups -OCH3 is 1. The van der Waals surface area contributed by atoms with Crippen molar-refractivity contribution in [2.75, 3.05) is 12.4 Å². The number of aromatic nitrogens is 4. The molecule has 2 heterocycles. The van der Waals surface area contributed by atoms with Crippen LogP contribution in [0.4, 0.5) is 17.2 Å². The topological polar surface area (TPSA) is 160 Å². The van der Waals surface area contributed by atoms with Gasteiger partial charge >= 0.3 is 11.5 Å². The summed E-state index contributed by atoms with van der Waals surface area (Å²) in [5, 5.41) is 33.0. The summed E-state index contributed by atoms with van der Waals surface area (Å²) in [7, 11) is 1.58. The Bertz CT molecular complexity index is 1210. The summed E-state index contributed by atoms with van der Waals surface area (Å²) in [6.07, 6.45) is 0. The van der Waals surface area contributed by atoms with Crippen molar-refractivity contribution in [2.45, 2.75) is 33.9 Å². The first-order valence-electron chi connectivity index (χ1n) is 9.45. The predicted octanol–water partition coefficient (Wildman–Crippen LogP) is 2.52. The summed E-state index contributed by atoms with van der Waals surface area (Å²) < 4.78 is 7.90. The Kier molecular flexibility index (Phi) is 6.18. The fourth-order valence-electron chi connectivity index (χ4n) is 3.30. The average Bonchev–Trinajstić information content (AvgIpc) is 3.19. The van der Waals surface area contributed by atoms with Crippen LogP contribution in [0.25, 0.3) is 0 Å². The highest BCUT2D eigenvalue weighted by molar-refractivity contribution is 5.91. The molecule has 0 bridgehead atoms. The van der Waals surface area contributed by atoms with E-state index in [1.165, 1.54) is 6.92 Å².